The summed E-state index contributed by atoms with van der Waals surface area (Å²) in [4.78, 5) is 13.0. The average Bonchev–Trinajstić information content (AvgIpc) is 2.27. The zero-order valence-electron chi connectivity index (χ0n) is 10.6. The van der Waals surface area contributed by atoms with Crippen LogP contribution in [0.25, 0.3) is 0 Å². The van der Waals surface area contributed by atoms with Gasteiger partial charge in [-0.05, 0) is 45.5 Å². The third-order valence-corrected chi connectivity index (χ3v) is 3.59. The van der Waals surface area contributed by atoms with Crippen molar-refractivity contribution in [1.29, 1.82) is 0 Å². The van der Waals surface area contributed by atoms with E-state index in [1.807, 2.05) is 43.1 Å². The van der Waals surface area contributed by atoms with Crippen molar-refractivity contribution >= 4 is 17.6 Å². The quantitative estimate of drug-likeness (QED) is 0.898. The molecular formula is C13H18ClNO2. The first-order valence-electron chi connectivity index (χ1n) is 5.48. The van der Waals surface area contributed by atoms with Crippen LogP contribution < -0.4 is 0 Å². The van der Waals surface area contributed by atoms with E-state index < -0.39 is 11.5 Å². The predicted molar refractivity (Wildman–Crippen MR) is 69.3 cm³/mol. The van der Waals surface area contributed by atoms with Gasteiger partial charge in [0.05, 0.1) is 0 Å². The molecule has 1 unspecified atom stereocenters. The van der Waals surface area contributed by atoms with Crippen molar-refractivity contribution in [2.45, 2.75) is 32.4 Å². The molecule has 0 bridgehead atoms. The fourth-order valence-electron chi connectivity index (χ4n) is 1.60. The summed E-state index contributed by atoms with van der Waals surface area (Å²) in [5.41, 5.74) is 0.144. The lowest BCUT2D eigenvalue weighted by atomic mass is 9.98. The summed E-state index contributed by atoms with van der Waals surface area (Å²) in [7, 11) is 1.81. The van der Waals surface area contributed by atoms with Gasteiger partial charge in [-0.3, -0.25) is 9.69 Å². The molecule has 0 spiro atoms. The first-order valence-corrected chi connectivity index (χ1v) is 5.86. The lowest BCUT2D eigenvalue weighted by molar-refractivity contribution is -0.149. The molecule has 1 aromatic rings. The lowest BCUT2D eigenvalue weighted by Crippen LogP contribution is -2.48. The Hall–Kier alpha value is -1.06. The maximum Gasteiger partial charge on any atom is 0.323 e. The lowest BCUT2D eigenvalue weighted by Gasteiger charge is -2.36. The highest BCUT2D eigenvalue weighted by molar-refractivity contribution is 6.30. The van der Waals surface area contributed by atoms with E-state index in [4.69, 9.17) is 11.6 Å². The number of hydrogen-bond acceptors (Lipinski definition) is 2. The second-order valence-corrected chi connectivity index (χ2v) is 5.14. The molecule has 0 aliphatic rings. The standard InChI is InChI=1S/C13H18ClNO2/c1-9(10-5-7-11(14)8-6-10)15(4)13(2,3)12(16)17/h5-9H,1-4H3,(H,16,17). The van der Waals surface area contributed by atoms with Gasteiger partial charge in [0.2, 0.25) is 0 Å². The predicted octanol–water partition coefficient (Wildman–Crippen LogP) is 3.20. The van der Waals surface area contributed by atoms with Gasteiger partial charge in [-0.25, -0.2) is 0 Å². The Morgan fingerprint density at radius 3 is 2.24 bits per heavy atom. The molecule has 0 fully saturated rings. The van der Waals surface area contributed by atoms with Crippen molar-refractivity contribution in [2.75, 3.05) is 7.05 Å². The molecule has 0 aromatic heterocycles. The summed E-state index contributed by atoms with van der Waals surface area (Å²) in [5, 5.41) is 9.87. The van der Waals surface area contributed by atoms with Gasteiger partial charge < -0.3 is 5.11 Å². The zero-order valence-corrected chi connectivity index (χ0v) is 11.3. The van der Waals surface area contributed by atoms with Crippen LogP contribution in [-0.2, 0) is 4.79 Å². The van der Waals surface area contributed by atoms with E-state index in [-0.39, 0.29) is 6.04 Å². The molecule has 3 nitrogen and oxygen atoms in total. The molecule has 0 heterocycles. The number of carbonyl (C=O) groups is 1. The maximum absolute atomic E-state index is 11.2. The molecule has 0 saturated carbocycles. The highest BCUT2D eigenvalue weighted by atomic mass is 35.5. The van der Waals surface area contributed by atoms with E-state index in [1.165, 1.54) is 0 Å². The molecule has 0 aliphatic carbocycles. The molecule has 1 N–H and O–H groups in total. The monoisotopic (exact) mass is 255 g/mol. The second-order valence-electron chi connectivity index (χ2n) is 4.70. The molecule has 0 saturated heterocycles. The molecule has 17 heavy (non-hydrogen) atoms. The van der Waals surface area contributed by atoms with E-state index in [0.717, 1.165) is 5.56 Å². The largest absolute Gasteiger partial charge is 0.480 e. The molecule has 4 heteroatoms. The number of benzene rings is 1. The van der Waals surface area contributed by atoms with Crippen molar-refractivity contribution in [3.05, 3.63) is 34.9 Å². The Balaban J connectivity index is 2.93. The smallest absolute Gasteiger partial charge is 0.323 e. The van der Waals surface area contributed by atoms with Crippen LogP contribution in [0.15, 0.2) is 24.3 Å². The molecule has 0 radical (unpaired) electrons. The van der Waals surface area contributed by atoms with Gasteiger partial charge in [-0.15, -0.1) is 0 Å². The van der Waals surface area contributed by atoms with Crippen molar-refractivity contribution in [1.82, 2.24) is 4.90 Å². The highest BCUT2D eigenvalue weighted by Crippen LogP contribution is 2.27. The van der Waals surface area contributed by atoms with Crippen LogP contribution in [0, 0.1) is 0 Å². The van der Waals surface area contributed by atoms with E-state index in [1.54, 1.807) is 13.8 Å². The number of rotatable bonds is 4. The fraction of sp³-hybridized carbons (Fsp3) is 0.462. The third-order valence-electron chi connectivity index (χ3n) is 3.34. The van der Waals surface area contributed by atoms with E-state index in [9.17, 15) is 9.90 Å². The van der Waals surface area contributed by atoms with Gasteiger partial charge in [0.25, 0.3) is 0 Å². The van der Waals surface area contributed by atoms with Crippen LogP contribution in [0.4, 0.5) is 0 Å². The molecule has 94 valence electrons. The molecular weight excluding hydrogens is 238 g/mol. The minimum atomic E-state index is -0.904. The summed E-state index contributed by atoms with van der Waals surface area (Å²) >= 11 is 5.83. The van der Waals surface area contributed by atoms with E-state index >= 15 is 0 Å². The summed E-state index contributed by atoms with van der Waals surface area (Å²) in [6, 6.07) is 7.48. The van der Waals surface area contributed by atoms with Gasteiger partial charge >= 0.3 is 5.97 Å². The average molecular weight is 256 g/mol. The number of carboxylic acids is 1. The summed E-state index contributed by atoms with van der Waals surface area (Å²) in [6.45, 7) is 5.37. The van der Waals surface area contributed by atoms with Gasteiger partial charge in [0, 0.05) is 11.1 Å². The van der Waals surface area contributed by atoms with Crippen LogP contribution in [0.3, 0.4) is 0 Å². The highest BCUT2D eigenvalue weighted by Gasteiger charge is 2.35. The van der Waals surface area contributed by atoms with Crippen molar-refractivity contribution in [3.63, 3.8) is 0 Å². The Morgan fingerprint density at radius 2 is 1.82 bits per heavy atom. The van der Waals surface area contributed by atoms with Crippen LogP contribution in [0.1, 0.15) is 32.4 Å². The van der Waals surface area contributed by atoms with Crippen LogP contribution in [0.2, 0.25) is 5.02 Å². The second kappa shape index (κ2) is 5.07. The first kappa shape index (κ1) is 14.0. The first-order chi connectivity index (χ1) is 7.76. The number of carboxylic acid groups (broad SMARTS) is 1. The fourth-order valence-corrected chi connectivity index (χ4v) is 1.73. The maximum atomic E-state index is 11.2. The molecule has 0 aliphatic heterocycles. The van der Waals surface area contributed by atoms with Gasteiger partial charge in [0.15, 0.2) is 0 Å². The van der Waals surface area contributed by atoms with E-state index in [2.05, 4.69) is 0 Å². The molecule has 1 atom stereocenters. The van der Waals surface area contributed by atoms with Gasteiger partial charge in [-0.1, -0.05) is 23.7 Å². The minimum absolute atomic E-state index is 0.0124. The van der Waals surface area contributed by atoms with Gasteiger partial charge in [-0.2, -0.15) is 0 Å². The molecule has 1 aromatic carbocycles. The van der Waals surface area contributed by atoms with Gasteiger partial charge in [0.1, 0.15) is 5.54 Å². The van der Waals surface area contributed by atoms with Crippen LogP contribution >= 0.6 is 11.6 Å². The topological polar surface area (TPSA) is 40.5 Å². The summed E-state index contributed by atoms with van der Waals surface area (Å²) in [5.74, 6) is -0.833. The molecule has 0 amide bonds. The number of halogens is 1. The summed E-state index contributed by atoms with van der Waals surface area (Å²) < 4.78 is 0. The third kappa shape index (κ3) is 2.99. The minimum Gasteiger partial charge on any atom is -0.480 e. The number of nitrogens with zero attached hydrogens (tertiary/aromatic N) is 1. The Bertz CT molecular complexity index is 400. The molecule has 1 rings (SSSR count). The Labute approximate surface area is 107 Å². The number of likely N-dealkylation sites (N-methyl/N-ethyl adjacent to an activating group) is 1. The van der Waals surface area contributed by atoms with E-state index in [0.29, 0.717) is 5.02 Å². The van der Waals surface area contributed by atoms with Crippen LogP contribution in [0.5, 0.6) is 0 Å². The zero-order chi connectivity index (χ0) is 13.2. The Kier molecular flexibility index (Phi) is 4.17. The SMILES string of the molecule is CC(c1ccc(Cl)cc1)N(C)C(C)(C)C(=O)O. The van der Waals surface area contributed by atoms with Crippen molar-refractivity contribution < 1.29 is 9.90 Å². The van der Waals surface area contributed by atoms with Crippen LogP contribution in [-0.4, -0.2) is 28.6 Å². The summed E-state index contributed by atoms with van der Waals surface area (Å²) in [6.07, 6.45) is 0. The Morgan fingerprint density at radius 1 is 1.35 bits per heavy atom. The number of hydrogen-bond donors (Lipinski definition) is 1. The van der Waals surface area contributed by atoms with Crippen molar-refractivity contribution in [3.8, 4) is 0 Å². The number of aliphatic carboxylic acids is 1. The normalized spacial score (nSPS) is 13.8. The van der Waals surface area contributed by atoms with Crippen molar-refractivity contribution in [2.24, 2.45) is 0 Å².